The first-order chi connectivity index (χ1) is 12.3. The highest BCUT2D eigenvalue weighted by Gasteiger charge is 2.37. The third kappa shape index (κ3) is 3.40. The summed E-state index contributed by atoms with van der Waals surface area (Å²) >= 11 is 4.48. The number of nitrogens with zero attached hydrogens (tertiary/aromatic N) is 2. The first kappa shape index (κ1) is 19.0. The molecule has 26 heavy (non-hydrogen) atoms. The van der Waals surface area contributed by atoms with E-state index in [0.29, 0.717) is 4.91 Å². The van der Waals surface area contributed by atoms with Gasteiger partial charge in [-0.3, -0.25) is 14.5 Å². The van der Waals surface area contributed by atoms with Gasteiger partial charge in [0.05, 0.1) is 4.91 Å². The van der Waals surface area contributed by atoms with Gasteiger partial charge in [0.1, 0.15) is 0 Å². The summed E-state index contributed by atoms with van der Waals surface area (Å²) in [6.45, 7) is 7.94. The van der Waals surface area contributed by atoms with Gasteiger partial charge >= 0.3 is 0 Å². The fraction of sp³-hybridized carbons (Fsp3) is 0.300. The molecule has 136 valence electrons. The number of hydrogen-bond acceptors (Lipinski definition) is 3. The molecule has 2 amide bonds. The highest BCUT2D eigenvalue weighted by atomic mass is 79.9. The van der Waals surface area contributed by atoms with Crippen molar-refractivity contribution in [2.45, 2.75) is 40.2 Å². The molecule has 1 aromatic carbocycles. The van der Waals surface area contributed by atoms with Crippen LogP contribution in [-0.4, -0.2) is 26.7 Å². The monoisotopic (exact) mass is 432 g/mol. The Kier molecular flexibility index (Phi) is 5.44. The lowest BCUT2D eigenvalue weighted by Gasteiger charge is -2.19. The van der Waals surface area contributed by atoms with Crippen LogP contribution in [0.2, 0.25) is 0 Å². The number of thioether (sulfide) groups is 1. The largest absolute Gasteiger partial charge is 0.318 e. The number of aromatic nitrogens is 1. The van der Waals surface area contributed by atoms with E-state index >= 15 is 0 Å². The quantitative estimate of drug-likeness (QED) is 0.582. The zero-order valence-corrected chi connectivity index (χ0v) is 17.6. The normalized spacial score (nSPS) is 17.4. The van der Waals surface area contributed by atoms with E-state index in [1.165, 1.54) is 4.90 Å². The van der Waals surface area contributed by atoms with Crippen LogP contribution in [0, 0.1) is 13.8 Å². The fourth-order valence-corrected chi connectivity index (χ4v) is 4.29. The molecule has 1 atom stereocenters. The summed E-state index contributed by atoms with van der Waals surface area (Å²) in [5.74, 6) is -0.192. The van der Waals surface area contributed by atoms with E-state index in [4.69, 9.17) is 0 Å². The summed E-state index contributed by atoms with van der Waals surface area (Å²) in [6, 6.07) is 10.1. The Bertz CT molecular complexity index is 899. The van der Waals surface area contributed by atoms with Gasteiger partial charge in [0.15, 0.2) is 0 Å². The molecule has 1 aromatic heterocycles. The van der Waals surface area contributed by atoms with Gasteiger partial charge in [0, 0.05) is 27.6 Å². The van der Waals surface area contributed by atoms with Crippen LogP contribution in [0.4, 0.5) is 4.79 Å². The van der Waals surface area contributed by atoms with Crippen molar-refractivity contribution in [1.82, 2.24) is 9.47 Å². The second-order valence-corrected chi connectivity index (χ2v) is 8.36. The average Bonchev–Trinajstić information content (AvgIpc) is 3.04. The minimum Gasteiger partial charge on any atom is -0.318 e. The van der Waals surface area contributed by atoms with Crippen LogP contribution in [0.5, 0.6) is 0 Å². The first-order valence-corrected chi connectivity index (χ1v) is 10.2. The Hall–Kier alpha value is -1.79. The topological polar surface area (TPSA) is 42.3 Å². The number of benzene rings is 1. The Morgan fingerprint density at radius 1 is 1.19 bits per heavy atom. The number of carbonyl (C=O) groups is 2. The van der Waals surface area contributed by atoms with Gasteiger partial charge < -0.3 is 4.57 Å². The average molecular weight is 433 g/mol. The number of imide groups is 1. The van der Waals surface area contributed by atoms with E-state index in [9.17, 15) is 9.59 Å². The molecule has 4 nitrogen and oxygen atoms in total. The van der Waals surface area contributed by atoms with Gasteiger partial charge in [0.25, 0.3) is 11.1 Å². The second kappa shape index (κ2) is 7.45. The number of halogens is 1. The van der Waals surface area contributed by atoms with Gasteiger partial charge in [-0.15, -0.1) is 0 Å². The summed E-state index contributed by atoms with van der Waals surface area (Å²) in [4.78, 5) is 26.7. The Morgan fingerprint density at radius 2 is 1.85 bits per heavy atom. The molecule has 0 N–H and O–H groups in total. The molecule has 1 fully saturated rings. The minimum absolute atomic E-state index is 0.0800. The van der Waals surface area contributed by atoms with Crippen molar-refractivity contribution in [2.75, 3.05) is 0 Å². The molecule has 2 aromatic rings. The van der Waals surface area contributed by atoms with Crippen molar-refractivity contribution in [3.63, 3.8) is 0 Å². The standard InChI is InChI=1S/C20H21BrN2O2S/c1-5-12(2)23-19(24)18(26-20(23)25)11-15-10-13(3)22(14(15)4)17-8-6-16(21)7-9-17/h6-12H,5H2,1-4H3/b18-11-/t12-/m1/s1. The highest BCUT2D eigenvalue weighted by molar-refractivity contribution is 9.10. The number of rotatable bonds is 4. The molecule has 6 heteroatoms. The maximum Gasteiger partial charge on any atom is 0.293 e. The molecule has 0 bridgehead atoms. The molecule has 1 saturated heterocycles. The molecule has 1 aliphatic rings. The number of aryl methyl sites for hydroxylation is 1. The lowest BCUT2D eigenvalue weighted by atomic mass is 10.2. The van der Waals surface area contributed by atoms with Crippen molar-refractivity contribution in [1.29, 1.82) is 0 Å². The molecule has 0 radical (unpaired) electrons. The number of carbonyl (C=O) groups excluding carboxylic acids is 2. The van der Waals surface area contributed by atoms with Crippen molar-refractivity contribution in [3.05, 3.63) is 56.7 Å². The fourth-order valence-electron chi connectivity index (χ4n) is 3.10. The summed E-state index contributed by atoms with van der Waals surface area (Å²) < 4.78 is 3.18. The Morgan fingerprint density at radius 3 is 2.46 bits per heavy atom. The SMILES string of the molecule is CC[C@@H](C)N1C(=O)S/C(=C\c2cc(C)n(-c3ccc(Br)cc3)c2C)C1=O. The van der Waals surface area contributed by atoms with Crippen LogP contribution in [0.3, 0.4) is 0 Å². The van der Waals surface area contributed by atoms with E-state index in [1.54, 1.807) is 0 Å². The van der Waals surface area contributed by atoms with Gasteiger partial charge in [-0.25, -0.2) is 0 Å². The Balaban J connectivity index is 1.98. The highest BCUT2D eigenvalue weighted by Crippen LogP contribution is 2.35. The van der Waals surface area contributed by atoms with Crippen LogP contribution in [0.1, 0.15) is 37.2 Å². The lowest BCUT2D eigenvalue weighted by molar-refractivity contribution is -0.124. The molecular weight excluding hydrogens is 412 g/mol. The van der Waals surface area contributed by atoms with Crippen LogP contribution in [0.15, 0.2) is 39.7 Å². The van der Waals surface area contributed by atoms with Crippen molar-refractivity contribution >= 4 is 44.9 Å². The summed E-state index contributed by atoms with van der Waals surface area (Å²) in [5, 5.41) is -0.183. The lowest BCUT2D eigenvalue weighted by Crippen LogP contribution is -2.36. The van der Waals surface area contributed by atoms with Crippen LogP contribution >= 0.6 is 27.7 Å². The maximum atomic E-state index is 12.6. The van der Waals surface area contributed by atoms with E-state index in [0.717, 1.165) is 45.3 Å². The van der Waals surface area contributed by atoms with E-state index in [2.05, 4.69) is 26.6 Å². The van der Waals surface area contributed by atoms with Crippen molar-refractivity contribution < 1.29 is 9.59 Å². The van der Waals surface area contributed by atoms with Gasteiger partial charge in [-0.05, 0) is 80.9 Å². The predicted octanol–water partition coefficient (Wildman–Crippen LogP) is 5.69. The van der Waals surface area contributed by atoms with E-state index < -0.39 is 0 Å². The predicted molar refractivity (Wildman–Crippen MR) is 111 cm³/mol. The van der Waals surface area contributed by atoms with Crippen molar-refractivity contribution in [3.8, 4) is 5.69 Å². The van der Waals surface area contributed by atoms with E-state index in [1.807, 2.05) is 58.0 Å². The van der Waals surface area contributed by atoms with Gasteiger partial charge in [0.2, 0.25) is 0 Å². The minimum atomic E-state index is -0.192. The molecule has 0 spiro atoms. The second-order valence-electron chi connectivity index (χ2n) is 6.45. The summed E-state index contributed by atoms with van der Waals surface area (Å²) in [6.07, 6.45) is 2.59. The molecule has 0 saturated carbocycles. The molecule has 0 unspecified atom stereocenters. The molecule has 1 aliphatic heterocycles. The maximum absolute atomic E-state index is 12.6. The molecule has 3 rings (SSSR count). The molecule has 0 aliphatic carbocycles. The van der Waals surface area contributed by atoms with Crippen LogP contribution in [0.25, 0.3) is 11.8 Å². The van der Waals surface area contributed by atoms with Crippen LogP contribution in [-0.2, 0) is 4.79 Å². The van der Waals surface area contributed by atoms with Crippen molar-refractivity contribution in [2.24, 2.45) is 0 Å². The summed E-state index contributed by atoms with van der Waals surface area (Å²) in [7, 11) is 0. The number of amides is 2. The molecular formula is C20H21BrN2O2S. The third-order valence-electron chi connectivity index (χ3n) is 4.70. The smallest absolute Gasteiger partial charge is 0.293 e. The van der Waals surface area contributed by atoms with Gasteiger partial charge in [-0.2, -0.15) is 0 Å². The zero-order valence-electron chi connectivity index (χ0n) is 15.2. The van der Waals surface area contributed by atoms with Gasteiger partial charge in [-0.1, -0.05) is 22.9 Å². The van der Waals surface area contributed by atoms with E-state index in [-0.39, 0.29) is 17.2 Å². The summed E-state index contributed by atoms with van der Waals surface area (Å²) in [5.41, 5.74) is 4.15. The third-order valence-corrected chi connectivity index (χ3v) is 6.11. The number of hydrogen-bond donors (Lipinski definition) is 0. The Labute approximate surface area is 166 Å². The zero-order chi connectivity index (χ0) is 19.0. The molecule has 2 heterocycles. The van der Waals surface area contributed by atoms with Crippen LogP contribution < -0.4 is 0 Å². The first-order valence-electron chi connectivity index (χ1n) is 8.55.